The number of amides is 1. The number of halogens is 1. The van der Waals surface area contributed by atoms with Gasteiger partial charge in [0.05, 0.1) is 12.2 Å². The van der Waals surface area contributed by atoms with Crippen LogP contribution in [-0.4, -0.2) is 56.3 Å². The minimum atomic E-state index is -0.369. The van der Waals surface area contributed by atoms with Gasteiger partial charge in [-0.05, 0) is 31.2 Å². The number of rotatable bonds is 3. The minimum Gasteiger partial charge on any atom is -0.372 e. The first-order valence-electron chi connectivity index (χ1n) is 7.48. The highest BCUT2D eigenvalue weighted by atomic mass is 19.1. The molecule has 1 saturated heterocycles. The van der Waals surface area contributed by atoms with Crippen molar-refractivity contribution in [3.63, 3.8) is 0 Å². The molecule has 2 aromatic rings. The van der Waals surface area contributed by atoms with Gasteiger partial charge in [-0.1, -0.05) is 12.1 Å². The molecule has 1 aliphatic heterocycles. The number of carbonyl (C=O) groups excluding carboxylic acids is 1. The number of nitrogens with zero attached hydrogens (tertiary/aromatic N) is 5. The van der Waals surface area contributed by atoms with E-state index in [1.165, 1.54) is 16.9 Å². The van der Waals surface area contributed by atoms with Crippen molar-refractivity contribution in [1.29, 1.82) is 0 Å². The molecule has 1 aromatic heterocycles. The van der Waals surface area contributed by atoms with E-state index in [1.54, 1.807) is 17.0 Å². The average Bonchev–Trinajstić information content (AvgIpc) is 2.95. The summed E-state index contributed by atoms with van der Waals surface area (Å²) in [6.45, 7) is 4.97. The molecule has 8 heteroatoms. The molecule has 2 heterocycles. The van der Waals surface area contributed by atoms with Crippen molar-refractivity contribution in [2.24, 2.45) is 0 Å². The lowest BCUT2D eigenvalue weighted by atomic mass is 10.2. The van der Waals surface area contributed by atoms with E-state index in [0.29, 0.717) is 24.5 Å². The fraction of sp³-hybridized carbons (Fsp3) is 0.467. The van der Waals surface area contributed by atoms with Crippen LogP contribution in [0.3, 0.4) is 0 Å². The lowest BCUT2D eigenvalue weighted by Gasteiger charge is -2.35. The van der Waals surface area contributed by atoms with Crippen LogP contribution in [0, 0.1) is 5.82 Å². The third kappa shape index (κ3) is 3.70. The maximum Gasteiger partial charge on any atom is 0.246 e. The Bertz CT molecular complexity index is 695. The quantitative estimate of drug-likeness (QED) is 0.847. The molecule has 0 bridgehead atoms. The van der Waals surface area contributed by atoms with Gasteiger partial charge in [0, 0.05) is 18.7 Å². The summed E-state index contributed by atoms with van der Waals surface area (Å²) in [7, 11) is 0. The van der Waals surface area contributed by atoms with Crippen molar-refractivity contribution in [2.45, 2.75) is 32.6 Å². The SMILES string of the molecule is C[C@@H]1CN(C(=O)Cn2nnc(-c3cccc(F)c3)n2)C[C@@H](C)O1. The predicted octanol–water partition coefficient (Wildman–Crippen LogP) is 1.11. The number of morpholine rings is 1. The first-order chi connectivity index (χ1) is 11.0. The Balaban J connectivity index is 1.68. The zero-order valence-electron chi connectivity index (χ0n) is 13.0. The Kier molecular flexibility index (Phi) is 4.33. The van der Waals surface area contributed by atoms with Crippen molar-refractivity contribution in [1.82, 2.24) is 25.1 Å². The van der Waals surface area contributed by atoms with Gasteiger partial charge in [0.2, 0.25) is 11.7 Å². The van der Waals surface area contributed by atoms with Crippen molar-refractivity contribution in [3.8, 4) is 11.4 Å². The van der Waals surface area contributed by atoms with Gasteiger partial charge in [0.25, 0.3) is 0 Å². The molecule has 7 nitrogen and oxygen atoms in total. The van der Waals surface area contributed by atoms with Gasteiger partial charge < -0.3 is 9.64 Å². The largest absolute Gasteiger partial charge is 0.372 e. The third-order valence-electron chi connectivity index (χ3n) is 3.58. The van der Waals surface area contributed by atoms with Gasteiger partial charge in [0.15, 0.2) is 0 Å². The van der Waals surface area contributed by atoms with E-state index in [9.17, 15) is 9.18 Å². The maximum atomic E-state index is 13.2. The van der Waals surface area contributed by atoms with Crippen molar-refractivity contribution >= 4 is 5.91 Å². The normalized spacial score (nSPS) is 21.4. The highest BCUT2D eigenvalue weighted by Crippen LogP contribution is 2.15. The summed E-state index contributed by atoms with van der Waals surface area (Å²) < 4.78 is 18.8. The van der Waals surface area contributed by atoms with Crippen LogP contribution in [-0.2, 0) is 16.1 Å². The number of carbonyl (C=O) groups is 1. The summed E-state index contributed by atoms with van der Waals surface area (Å²) in [5.41, 5.74) is 0.525. The molecule has 23 heavy (non-hydrogen) atoms. The molecule has 1 amide bonds. The molecule has 1 fully saturated rings. The molecule has 0 unspecified atom stereocenters. The predicted molar refractivity (Wildman–Crippen MR) is 79.8 cm³/mol. The lowest BCUT2D eigenvalue weighted by molar-refractivity contribution is -0.144. The van der Waals surface area contributed by atoms with Crippen LogP contribution in [0.25, 0.3) is 11.4 Å². The molecular weight excluding hydrogens is 301 g/mol. The molecule has 2 atom stereocenters. The van der Waals surface area contributed by atoms with E-state index in [4.69, 9.17) is 4.74 Å². The van der Waals surface area contributed by atoms with Gasteiger partial charge in [-0.3, -0.25) is 4.79 Å². The van der Waals surface area contributed by atoms with Crippen LogP contribution in [0.5, 0.6) is 0 Å². The van der Waals surface area contributed by atoms with Crippen molar-refractivity contribution in [3.05, 3.63) is 30.1 Å². The standard InChI is InChI=1S/C15H18FN5O2/c1-10-7-20(8-11(2)23-10)14(22)9-21-18-15(17-19-21)12-4-3-5-13(16)6-12/h3-6,10-11H,7-9H2,1-2H3/t10-,11-/m1/s1. The zero-order valence-corrected chi connectivity index (χ0v) is 13.0. The number of hydrogen-bond acceptors (Lipinski definition) is 5. The molecule has 0 N–H and O–H groups in total. The summed E-state index contributed by atoms with van der Waals surface area (Å²) >= 11 is 0. The van der Waals surface area contributed by atoms with Crippen LogP contribution < -0.4 is 0 Å². The van der Waals surface area contributed by atoms with Crippen LogP contribution in [0.4, 0.5) is 4.39 Å². The van der Waals surface area contributed by atoms with E-state index in [0.717, 1.165) is 0 Å². The summed E-state index contributed by atoms with van der Waals surface area (Å²) in [4.78, 5) is 15.3. The molecule has 122 valence electrons. The Hall–Kier alpha value is -2.35. The number of hydrogen-bond donors (Lipinski definition) is 0. The molecule has 1 aliphatic rings. The second-order valence-corrected chi connectivity index (χ2v) is 5.71. The highest BCUT2D eigenvalue weighted by Gasteiger charge is 2.26. The molecule has 1 aromatic carbocycles. The van der Waals surface area contributed by atoms with Crippen molar-refractivity contribution < 1.29 is 13.9 Å². The second kappa shape index (κ2) is 6.41. The van der Waals surface area contributed by atoms with Gasteiger partial charge in [0.1, 0.15) is 12.4 Å². The molecule has 0 radical (unpaired) electrons. The summed E-state index contributed by atoms with van der Waals surface area (Å²) in [6.07, 6.45) is 0.0171. The molecule has 0 spiro atoms. The zero-order chi connectivity index (χ0) is 16.4. The highest BCUT2D eigenvalue weighted by molar-refractivity contribution is 5.76. The van der Waals surface area contributed by atoms with E-state index >= 15 is 0 Å². The van der Waals surface area contributed by atoms with E-state index in [1.807, 2.05) is 13.8 Å². The first-order valence-corrected chi connectivity index (χ1v) is 7.48. The Morgan fingerprint density at radius 3 is 2.78 bits per heavy atom. The smallest absolute Gasteiger partial charge is 0.246 e. The molecular formula is C15H18FN5O2. The summed E-state index contributed by atoms with van der Waals surface area (Å²) in [5, 5.41) is 11.9. The first kappa shape index (κ1) is 15.5. The van der Waals surface area contributed by atoms with E-state index < -0.39 is 0 Å². The van der Waals surface area contributed by atoms with Crippen LogP contribution in [0.15, 0.2) is 24.3 Å². The Morgan fingerprint density at radius 2 is 2.09 bits per heavy atom. The van der Waals surface area contributed by atoms with E-state index in [2.05, 4.69) is 15.4 Å². The monoisotopic (exact) mass is 319 g/mol. The minimum absolute atomic E-state index is 0.00174. The second-order valence-electron chi connectivity index (χ2n) is 5.71. The number of benzene rings is 1. The number of ether oxygens (including phenoxy) is 1. The van der Waals surface area contributed by atoms with Gasteiger partial charge >= 0.3 is 0 Å². The van der Waals surface area contributed by atoms with Gasteiger partial charge in [-0.2, -0.15) is 4.80 Å². The van der Waals surface area contributed by atoms with Crippen LogP contribution >= 0.6 is 0 Å². The average molecular weight is 319 g/mol. The van der Waals surface area contributed by atoms with E-state index in [-0.39, 0.29) is 30.5 Å². The lowest BCUT2D eigenvalue weighted by Crippen LogP contribution is -2.49. The van der Waals surface area contributed by atoms with Crippen molar-refractivity contribution in [2.75, 3.05) is 13.1 Å². The number of aromatic nitrogens is 4. The molecule has 3 rings (SSSR count). The van der Waals surface area contributed by atoms with Crippen LogP contribution in [0.1, 0.15) is 13.8 Å². The molecule has 0 aliphatic carbocycles. The Labute approximate surface area is 133 Å². The summed E-state index contributed by atoms with van der Waals surface area (Å²) in [6, 6.07) is 5.94. The third-order valence-corrected chi connectivity index (χ3v) is 3.58. The van der Waals surface area contributed by atoms with Gasteiger partial charge in [-0.25, -0.2) is 4.39 Å². The number of tetrazole rings is 1. The maximum absolute atomic E-state index is 13.2. The summed E-state index contributed by atoms with van der Waals surface area (Å²) in [5.74, 6) is -0.164. The fourth-order valence-electron chi connectivity index (χ4n) is 2.66. The topological polar surface area (TPSA) is 73.1 Å². The Morgan fingerprint density at radius 1 is 1.35 bits per heavy atom. The van der Waals surface area contributed by atoms with Crippen LogP contribution in [0.2, 0.25) is 0 Å². The fourth-order valence-corrected chi connectivity index (χ4v) is 2.66. The van der Waals surface area contributed by atoms with Gasteiger partial charge in [-0.15, -0.1) is 10.2 Å². The molecule has 0 saturated carbocycles.